The number of carbonyl (C=O) groups is 1. The summed E-state index contributed by atoms with van der Waals surface area (Å²) in [5.41, 5.74) is 2.36. The first-order chi connectivity index (χ1) is 13.0. The van der Waals surface area contributed by atoms with E-state index in [2.05, 4.69) is 5.10 Å². The maximum absolute atomic E-state index is 13.3. The third kappa shape index (κ3) is 3.22. The standard InChI is InChI=1S/C19H24N4O3S/c1-2-22-13-16(12-20-22)19(24)21-10-5-7-17(14-21)27(25,26)23-11-9-15-6-3-4-8-18(15)23/h3-4,6,8,12-13,17H,2,5,7,9-11,14H2,1H3/t17-/m1/s1. The lowest BCUT2D eigenvalue weighted by atomic mass is 10.1. The van der Waals surface area contributed by atoms with Crippen LogP contribution in [-0.2, 0) is 23.0 Å². The van der Waals surface area contributed by atoms with Gasteiger partial charge in [-0.2, -0.15) is 5.10 Å². The summed E-state index contributed by atoms with van der Waals surface area (Å²) in [6, 6.07) is 7.65. The molecular formula is C19H24N4O3S. The molecule has 1 saturated heterocycles. The van der Waals surface area contributed by atoms with Crippen LogP contribution in [0.15, 0.2) is 36.7 Å². The quantitative estimate of drug-likeness (QED) is 0.802. The Morgan fingerprint density at radius 2 is 2.07 bits per heavy atom. The van der Waals surface area contributed by atoms with Gasteiger partial charge in [-0.3, -0.25) is 13.8 Å². The number of hydrogen-bond acceptors (Lipinski definition) is 4. The van der Waals surface area contributed by atoms with Crippen LogP contribution in [0.3, 0.4) is 0 Å². The van der Waals surface area contributed by atoms with E-state index < -0.39 is 15.3 Å². The lowest BCUT2D eigenvalue weighted by Crippen LogP contribution is -2.49. The van der Waals surface area contributed by atoms with Gasteiger partial charge in [0.05, 0.1) is 22.7 Å². The Kier molecular flexibility index (Phi) is 4.67. The number of sulfonamides is 1. The van der Waals surface area contributed by atoms with Crippen LogP contribution >= 0.6 is 0 Å². The zero-order valence-corrected chi connectivity index (χ0v) is 16.2. The third-order valence-corrected chi connectivity index (χ3v) is 7.66. The van der Waals surface area contributed by atoms with Crippen molar-refractivity contribution < 1.29 is 13.2 Å². The van der Waals surface area contributed by atoms with Gasteiger partial charge in [0.25, 0.3) is 5.91 Å². The second-order valence-electron chi connectivity index (χ2n) is 7.10. The molecule has 0 aliphatic carbocycles. The highest BCUT2D eigenvalue weighted by atomic mass is 32.2. The molecule has 0 unspecified atom stereocenters. The number of fused-ring (bicyclic) bond motifs is 1. The van der Waals surface area contributed by atoms with Crippen LogP contribution in [-0.4, -0.2) is 53.9 Å². The molecule has 3 heterocycles. The number of anilines is 1. The molecule has 7 nitrogen and oxygen atoms in total. The minimum Gasteiger partial charge on any atom is -0.337 e. The maximum Gasteiger partial charge on any atom is 0.257 e. The monoisotopic (exact) mass is 388 g/mol. The highest BCUT2D eigenvalue weighted by molar-refractivity contribution is 7.93. The fraction of sp³-hybridized carbons (Fsp3) is 0.474. The van der Waals surface area contributed by atoms with Crippen molar-refractivity contribution in [2.45, 2.75) is 38.0 Å². The van der Waals surface area contributed by atoms with Crippen molar-refractivity contribution in [3.8, 4) is 0 Å². The molecule has 8 heteroatoms. The van der Waals surface area contributed by atoms with Gasteiger partial charge in [0.2, 0.25) is 10.0 Å². The van der Waals surface area contributed by atoms with Gasteiger partial charge in [-0.25, -0.2) is 8.42 Å². The average Bonchev–Trinajstić information content (AvgIpc) is 3.34. The number of amides is 1. The van der Waals surface area contributed by atoms with E-state index in [0.717, 1.165) is 17.7 Å². The molecule has 1 aromatic heterocycles. The summed E-state index contributed by atoms with van der Waals surface area (Å²) in [4.78, 5) is 14.4. The number of piperidine rings is 1. The predicted molar refractivity (Wildman–Crippen MR) is 103 cm³/mol. The highest BCUT2D eigenvalue weighted by Gasteiger charge is 2.39. The molecule has 27 heavy (non-hydrogen) atoms. The topological polar surface area (TPSA) is 75.5 Å². The largest absolute Gasteiger partial charge is 0.337 e. The number of para-hydroxylation sites is 1. The molecule has 2 aliphatic rings. The van der Waals surface area contributed by atoms with Gasteiger partial charge in [0.1, 0.15) is 0 Å². The first-order valence-corrected chi connectivity index (χ1v) is 10.9. The third-order valence-electron chi connectivity index (χ3n) is 5.44. The molecule has 2 aliphatic heterocycles. The average molecular weight is 388 g/mol. The predicted octanol–water partition coefficient (Wildman–Crippen LogP) is 1.90. The maximum atomic E-state index is 13.3. The first-order valence-electron chi connectivity index (χ1n) is 9.42. The van der Waals surface area contributed by atoms with E-state index in [1.165, 1.54) is 4.31 Å². The zero-order valence-electron chi connectivity index (χ0n) is 15.4. The molecule has 1 atom stereocenters. The first kappa shape index (κ1) is 18.0. The second-order valence-corrected chi connectivity index (χ2v) is 9.23. The molecule has 144 valence electrons. The Bertz CT molecular complexity index is 953. The summed E-state index contributed by atoms with van der Waals surface area (Å²) in [5, 5.41) is 3.58. The number of rotatable bonds is 4. The molecule has 0 saturated carbocycles. The number of benzene rings is 1. The Balaban J connectivity index is 1.53. The van der Waals surface area contributed by atoms with Crippen LogP contribution in [0.5, 0.6) is 0 Å². The Morgan fingerprint density at radius 3 is 2.85 bits per heavy atom. The summed E-state index contributed by atoms with van der Waals surface area (Å²) >= 11 is 0. The van der Waals surface area contributed by atoms with Crippen LogP contribution < -0.4 is 4.31 Å². The van der Waals surface area contributed by atoms with Crippen molar-refractivity contribution in [2.24, 2.45) is 0 Å². The SMILES string of the molecule is CCn1cc(C(=O)N2CCC[C@@H](S(=O)(=O)N3CCc4ccccc43)C2)cn1. The van der Waals surface area contributed by atoms with Gasteiger partial charge in [-0.1, -0.05) is 18.2 Å². The lowest BCUT2D eigenvalue weighted by molar-refractivity contribution is 0.0726. The van der Waals surface area contributed by atoms with E-state index in [9.17, 15) is 13.2 Å². The van der Waals surface area contributed by atoms with Crippen molar-refractivity contribution in [3.05, 3.63) is 47.8 Å². The van der Waals surface area contributed by atoms with E-state index in [0.29, 0.717) is 38.0 Å². The lowest BCUT2D eigenvalue weighted by Gasteiger charge is -2.34. The van der Waals surface area contributed by atoms with Crippen molar-refractivity contribution in [3.63, 3.8) is 0 Å². The molecule has 1 amide bonds. The van der Waals surface area contributed by atoms with Crippen molar-refractivity contribution in [1.29, 1.82) is 0 Å². The molecule has 1 aromatic carbocycles. The number of aryl methyl sites for hydroxylation is 1. The van der Waals surface area contributed by atoms with Crippen LogP contribution in [0.2, 0.25) is 0 Å². The van der Waals surface area contributed by atoms with Gasteiger partial charge in [-0.15, -0.1) is 0 Å². The van der Waals surface area contributed by atoms with Crippen LogP contribution in [0.1, 0.15) is 35.7 Å². The molecule has 0 bridgehead atoms. The summed E-state index contributed by atoms with van der Waals surface area (Å²) in [5.74, 6) is -0.142. The molecular weight excluding hydrogens is 364 g/mol. The Labute approximate surface area is 159 Å². The van der Waals surface area contributed by atoms with Gasteiger partial charge in [0.15, 0.2) is 0 Å². The van der Waals surface area contributed by atoms with Crippen LogP contribution in [0.25, 0.3) is 0 Å². The van der Waals surface area contributed by atoms with Crippen molar-refractivity contribution in [2.75, 3.05) is 23.9 Å². The van der Waals surface area contributed by atoms with Gasteiger partial charge < -0.3 is 4.90 Å². The van der Waals surface area contributed by atoms with Crippen LogP contribution in [0, 0.1) is 0 Å². The number of nitrogens with zero attached hydrogens (tertiary/aromatic N) is 4. The summed E-state index contributed by atoms with van der Waals surface area (Å²) < 4.78 is 29.8. The molecule has 0 N–H and O–H groups in total. The molecule has 1 fully saturated rings. The van der Waals surface area contributed by atoms with Crippen molar-refractivity contribution >= 4 is 21.6 Å². The minimum atomic E-state index is -3.50. The smallest absolute Gasteiger partial charge is 0.257 e. The Hall–Kier alpha value is -2.35. The minimum absolute atomic E-state index is 0.142. The van der Waals surface area contributed by atoms with Crippen LogP contribution in [0.4, 0.5) is 5.69 Å². The number of carbonyl (C=O) groups excluding carboxylic acids is 1. The normalized spacial score (nSPS) is 20.0. The number of aromatic nitrogens is 2. The number of hydrogen-bond donors (Lipinski definition) is 0. The molecule has 0 spiro atoms. The second kappa shape index (κ2) is 6.99. The fourth-order valence-corrected chi connectivity index (χ4v) is 5.94. The van der Waals surface area contributed by atoms with E-state index in [4.69, 9.17) is 0 Å². The Morgan fingerprint density at radius 1 is 1.26 bits per heavy atom. The van der Waals surface area contributed by atoms with E-state index in [1.807, 2.05) is 31.2 Å². The molecule has 4 rings (SSSR count). The highest BCUT2D eigenvalue weighted by Crippen LogP contribution is 2.33. The van der Waals surface area contributed by atoms with E-state index in [-0.39, 0.29) is 12.5 Å². The number of likely N-dealkylation sites (tertiary alicyclic amines) is 1. The van der Waals surface area contributed by atoms with Gasteiger partial charge in [0, 0.05) is 32.4 Å². The van der Waals surface area contributed by atoms with Gasteiger partial charge >= 0.3 is 0 Å². The van der Waals surface area contributed by atoms with Crippen molar-refractivity contribution in [1.82, 2.24) is 14.7 Å². The van der Waals surface area contributed by atoms with E-state index in [1.54, 1.807) is 22.0 Å². The van der Waals surface area contributed by atoms with Gasteiger partial charge in [-0.05, 0) is 37.8 Å². The molecule has 0 radical (unpaired) electrons. The van der Waals surface area contributed by atoms with E-state index >= 15 is 0 Å². The molecule has 2 aromatic rings. The summed E-state index contributed by atoms with van der Waals surface area (Å²) in [6.45, 7) is 3.95. The fourth-order valence-electron chi connectivity index (χ4n) is 3.95. The summed E-state index contributed by atoms with van der Waals surface area (Å²) in [6.07, 6.45) is 5.28. The zero-order chi connectivity index (χ0) is 19.0. The summed E-state index contributed by atoms with van der Waals surface area (Å²) in [7, 11) is -3.50.